The fraction of sp³-hybridized carbons (Fsp3) is 0.533. The lowest BCUT2D eigenvalue weighted by Gasteiger charge is -2.25. The molecule has 1 fully saturated rings. The Morgan fingerprint density at radius 1 is 1.33 bits per heavy atom. The third kappa shape index (κ3) is 4.46. The zero-order chi connectivity index (χ0) is 15.5. The Hall–Kier alpha value is -1.56. The highest BCUT2D eigenvalue weighted by Gasteiger charge is 2.41. The maximum Gasteiger partial charge on any atom is 0.471 e. The third-order valence-corrected chi connectivity index (χ3v) is 3.82. The van der Waals surface area contributed by atoms with Crippen molar-refractivity contribution in [2.75, 3.05) is 19.6 Å². The number of carbonyl (C=O) groups excluding carboxylic acids is 1. The van der Waals surface area contributed by atoms with E-state index >= 15 is 0 Å². The summed E-state index contributed by atoms with van der Waals surface area (Å²) in [6.07, 6.45) is -4.03. The van der Waals surface area contributed by atoms with Crippen LogP contribution in [0.3, 0.4) is 0 Å². The number of rotatable bonds is 4. The Morgan fingerprint density at radius 2 is 2.00 bits per heavy atom. The summed E-state index contributed by atoms with van der Waals surface area (Å²) in [5.41, 5.74) is 0.872. The molecule has 6 heteroatoms. The molecule has 1 aliphatic heterocycles. The lowest BCUT2D eigenvalue weighted by Crippen LogP contribution is -2.43. The minimum Gasteiger partial charge on any atom is -0.348 e. The number of carbonyl (C=O) groups is 1. The number of nitrogens with zero attached hydrogens (tertiary/aromatic N) is 1. The molecule has 1 atom stereocenters. The molecule has 0 radical (unpaired) electrons. The minimum atomic E-state index is -4.81. The maximum absolute atomic E-state index is 12.2. The summed E-state index contributed by atoms with van der Waals surface area (Å²) in [5, 5.41) is 2.00. The van der Waals surface area contributed by atoms with E-state index in [9.17, 15) is 18.0 Å². The highest BCUT2D eigenvalue weighted by molar-refractivity contribution is 5.81. The largest absolute Gasteiger partial charge is 0.471 e. The average molecular weight is 300 g/mol. The molecule has 1 aliphatic rings. The highest BCUT2D eigenvalue weighted by Crippen LogP contribution is 2.30. The van der Waals surface area contributed by atoms with Crippen LogP contribution in [0.15, 0.2) is 30.3 Å². The fourth-order valence-corrected chi connectivity index (χ4v) is 2.64. The lowest BCUT2D eigenvalue weighted by atomic mass is 9.90. The SMILES string of the molecule is CC1(CNC(=O)C(F)(F)F)CCN(Cc2ccccc2)C1. The molecule has 1 aromatic carbocycles. The topological polar surface area (TPSA) is 32.3 Å². The zero-order valence-corrected chi connectivity index (χ0v) is 11.9. The Balaban J connectivity index is 1.84. The molecule has 1 aromatic rings. The van der Waals surface area contributed by atoms with E-state index < -0.39 is 12.1 Å². The number of nitrogens with one attached hydrogen (secondary N) is 1. The predicted octanol–water partition coefficient (Wildman–Crippen LogP) is 2.58. The summed E-state index contributed by atoms with van der Waals surface area (Å²) >= 11 is 0. The van der Waals surface area contributed by atoms with Crippen LogP contribution >= 0.6 is 0 Å². The molecule has 1 amide bonds. The van der Waals surface area contributed by atoms with Gasteiger partial charge in [-0.25, -0.2) is 0 Å². The van der Waals surface area contributed by atoms with Gasteiger partial charge in [-0.3, -0.25) is 9.69 Å². The normalized spacial score (nSPS) is 23.2. The smallest absolute Gasteiger partial charge is 0.348 e. The first-order chi connectivity index (χ1) is 9.78. The van der Waals surface area contributed by atoms with Crippen LogP contribution in [0.2, 0.25) is 0 Å². The first-order valence-electron chi connectivity index (χ1n) is 6.90. The number of benzene rings is 1. The summed E-state index contributed by atoms with van der Waals surface area (Å²) in [5.74, 6) is -1.86. The van der Waals surface area contributed by atoms with Gasteiger partial charge in [0.05, 0.1) is 0 Å². The zero-order valence-electron chi connectivity index (χ0n) is 11.9. The number of halogens is 3. The summed E-state index contributed by atoms with van der Waals surface area (Å²) < 4.78 is 36.6. The second-order valence-electron chi connectivity index (χ2n) is 5.94. The maximum atomic E-state index is 12.2. The van der Waals surface area contributed by atoms with Gasteiger partial charge in [0, 0.05) is 19.6 Å². The van der Waals surface area contributed by atoms with Crippen molar-refractivity contribution in [3.05, 3.63) is 35.9 Å². The lowest BCUT2D eigenvalue weighted by molar-refractivity contribution is -0.174. The molecule has 1 heterocycles. The van der Waals surface area contributed by atoms with Gasteiger partial charge in [0.25, 0.3) is 0 Å². The summed E-state index contributed by atoms with van der Waals surface area (Å²) in [4.78, 5) is 13.1. The van der Waals surface area contributed by atoms with Gasteiger partial charge < -0.3 is 5.32 Å². The van der Waals surface area contributed by atoms with E-state index in [4.69, 9.17) is 0 Å². The van der Waals surface area contributed by atoms with Gasteiger partial charge in [-0.15, -0.1) is 0 Å². The van der Waals surface area contributed by atoms with E-state index in [1.165, 1.54) is 5.56 Å². The van der Waals surface area contributed by atoms with Crippen molar-refractivity contribution in [1.29, 1.82) is 0 Å². The molecule has 1 saturated heterocycles. The third-order valence-electron chi connectivity index (χ3n) is 3.82. The number of amides is 1. The standard InChI is InChI=1S/C15H19F3N2O/c1-14(10-19-13(21)15(16,17)18)7-8-20(11-14)9-12-5-3-2-4-6-12/h2-6H,7-11H2,1H3,(H,19,21). The molecule has 1 unspecified atom stereocenters. The van der Waals surface area contributed by atoms with E-state index in [1.807, 2.05) is 42.6 Å². The van der Waals surface area contributed by atoms with E-state index in [-0.39, 0.29) is 12.0 Å². The molecule has 2 rings (SSSR count). The van der Waals surface area contributed by atoms with Gasteiger partial charge in [-0.2, -0.15) is 13.2 Å². The van der Waals surface area contributed by atoms with Crippen molar-refractivity contribution < 1.29 is 18.0 Å². The van der Waals surface area contributed by atoms with Crippen molar-refractivity contribution in [2.24, 2.45) is 5.41 Å². The van der Waals surface area contributed by atoms with E-state index in [1.54, 1.807) is 0 Å². The van der Waals surface area contributed by atoms with Crippen molar-refractivity contribution in [3.63, 3.8) is 0 Å². The van der Waals surface area contributed by atoms with E-state index in [0.29, 0.717) is 6.54 Å². The van der Waals surface area contributed by atoms with E-state index in [0.717, 1.165) is 19.5 Å². The predicted molar refractivity (Wildman–Crippen MR) is 73.5 cm³/mol. The first kappa shape index (κ1) is 15.8. The van der Waals surface area contributed by atoms with Gasteiger partial charge in [0.1, 0.15) is 0 Å². The van der Waals surface area contributed by atoms with Crippen molar-refractivity contribution in [2.45, 2.75) is 26.1 Å². The van der Waals surface area contributed by atoms with Crippen molar-refractivity contribution in [3.8, 4) is 0 Å². The van der Waals surface area contributed by atoms with Crippen molar-refractivity contribution in [1.82, 2.24) is 10.2 Å². The highest BCUT2D eigenvalue weighted by atomic mass is 19.4. The monoisotopic (exact) mass is 300 g/mol. The fourth-order valence-electron chi connectivity index (χ4n) is 2.64. The van der Waals surface area contributed by atoms with Crippen LogP contribution in [0, 0.1) is 5.41 Å². The van der Waals surface area contributed by atoms with Crippen LogP contribution in [0.25, 0.3) is 0 Å². The van der Waals surface area contributed by atoms with Crippen LogP contribution in [0.1, 0.15) is 18.9 Å². The quantitative estimate of drug-likeness (QED) is 0.927. The molecule has 1 N–H and O–H groups in total. The molecule has 0 aromatic heterocycles. The van der Waals surface area contributed by atoms with Gasteiger partial charge in [-0.05, 0) is 23.9 Å². The summed E-state index contributed by atoms with van der Waals surface area (Å²) in [7, 11) is 0. The van der Waals surface area contributed by atoms with Crippen molar-refractivity contribution >= 4 is 5.91 Å². The van der Waals surface area contributed by atoms with Crippen LogP contribution in [0.5, 0.6) is 0 Å². The number of hydrogen-bond donors (Lipinski definition) is 1. The summed E-state index contributed by atoms with van der Waals surface area (Å²) in [6, 6.07) is 9.94. The Kier molecular flexibility index (Phi) is 4.56. The summed E-state index contributed by atoms with van der Waals surface area (Å²) in [6.45, 7) is 4.25. The minimum absolute atomic E-state index is 0.0522. The molecule has 3 nitrogen and oxygen atoms in total. The van der Waals surface area contributed by atoms with Crippen LogP contribution in [-0.4, -0.2) is 36.6 Å². The number of hydrogen-bond acceptors (Lipinski definition) is 2. The average Bonchev–Trinajstić information content (AvgIpc) is 2.78. The second-order valence-corrected chi connectivity index (χ2v) is 5.94. The Labute approximate surface area is 122 Å². The first-order valence-corrected chi connectivity index (χ1v) is 6.90. The van der Waals surface area contributed by atoms with Gasteiger partial charge in [0.2, 0.25) is 0 Å². The molecule has 0 aliphatic carbocycles. The van der Waals surface area contributed by atoms with Crippen LogP contribution < -0.4 is 5.32 Å². The molecule has 0 bridgehead atoms. The van der Waals surface area contributed by atoms with E-state index in [2.05, 4.69) is 4.90 Å². The molecule has 0 saturated carbocycles. The van der Waals surface area contributed by atoms with Crippen LogP contribution in [-0.2, 0) is 11.3 Å². The molecular weight excluding hydrogens is 281 g/mol. The second kappa shape index (κ2) is 6.05. The molecular formula is C15H19F3N2O. The molecule has 21 heavy (non-hydrogen) atoms. The number of alkyl halides is 3. The Bertz CT molecular complexity index is 489. The molecule has 0 spiro atoms. The van der Waals surface area contributed by atoms with Gasteiger partial charge in [-0.1, -0.05) is 37.3 Å². The molecule has 116 valence electrons. The Morgan fingerprint density at radius 3 is 2.62 bits per heavy atom. The van der Waals surface area contributed by atoms with Crippen LogP contribution in [0.4, 0.5) is 13.2 Å². The number of likely N-dealkylation sites (tertiary alicyclic amines) is 1. The van der Waals surface area contributed by atoms with Gasteiger partial charge >= 0.3 is 12.1 Å². The van der Waals surface area contributed by atoms with Gasteiger partial charge in [0.15, 0.2) is 0 Å².